The number of aromatic nitrogens is 1. The van der Waals surface area contributed by atoms with Gasteiger partial charge in [0.25, 0.3) is 0 Å². The molecule has 3 rings (SSSR count). The first-order chi connectivity index (χ1) is 14.4. The molecule has 1 saturated heterocycles. The number of halogens is 3. The Labute approximate surface area is 173 Å². The molecule has 7 nitrogen and oxygen atoms in total. The van der Waals surface area contributed by atoms with Crippen molar-refractivity contribution in [3.05, 3.63) is 47.3 Å². The molecule has 0 aliphatic carbocycles. The summed E-state index contributed by atoms with van der Waals surface area (Å²) >= 11 is 0. The molecule has 1 aliphatic rings. The molecule has 1 fully saturated rings. The van der Waals surface area contributed by atoms with Crippen molar-refractivity contribution in [3.63, 3.8) is 0 Å². The molecule has 164 valence electrons. The van der Waals surface area contributed by atoms with Crippen molar-refractivity contribution in [1.82, 2.24) is 20.3 Å². The second-order valence-corrected chi connectivity index (χ2v) is 7.01. The number of para-hydroxylation sites is 1. The molecule has 0 amide bonds. The van der Waals surface area contributed by atoms with Crippen molar-refractivity contribution in [1.29, 1.82) is 0 Å². The van der Waals surface area contributed by atoms with Gasteiger partial charge in [0.1, 0.15) is 18.1 Å². The summed E-state index contributed by atoms with van der Waals surface area (Å²) < 4.78 is 49.5. The highest BCUT2D eigenvalue weighted by Crippen LogP contribution is 2.35. The average molecular weight is 425 g/mol. The minimum atomic E-state index is -4.44. The Morgan fingerprint density at radius 3 is 2.60 bits per heavy atom. The molecular formula is C20H26F3N5O2. The molecular weight excluding hydrogens is 399 g/mol. The van der Waals surface area contributed by atoms with E-state index in [9.17, 15) is 13.2 Å². The maximum atomic E-state index is 13.0. The van der Waals surface area contributed by atoms with Gasteiger partial charge in [-0.25, -0.2) is 0 Å². The van der Waals surface area contributed by atoms with Crippen LogP contribution in [0.5, 0.6) is 5.75 Å². The number of aliphatic imine (C=N–C) groups is 1. The Morgan fingerprint density at radius 2 is 1.97 bits per heavy atom. The van der Waals surface area contributed by atoms with Crippen LogP contribution in [0.15, 0.2) is 39.8 Å². The number of piperazine rings is 1. The van der Waals surface area contributed by atoms with Crippen molar-refractivity contribution in [2.24, 2.45) is 4.99 Å². The van der Waals surface area contributed by atoms with E-state index < -0.39 is 11.7 Å². The number of rotatable bonds is 6. The van der Waals surface area contributed by atoms with Gasteiger partial charge in [-0.1, -0.05) is 17.3 Å². The lowest BCUT2D eigenvalue weighted by Gasteiger charge is -2.36. The lowest BCUT2D eigenvalue weighted by Crippen LogP contribution is -2.52. The maximum absolute atomic E-state index is 13.0. The third kappa shape index (κ3) is 5.88. The first kappa shape index (κ1) is 21.9. The van der Waals surface area contributed by atoms with Gasteiger partial charge in [0.05, 0.1) is 17.8 Å². The number of ether oxygens (including phenoxy) is 1. The summed E-state index contributed by atoms with van der Waals surface area (Å²) in [7, 11) is 1.69. The quantitative estimate of drug-likeness (QED) is 0.436. The van der Waals surface area contributed by atoms with Crippen molar-refractivity contribution >= 4 is 5.96 Å². The molecule has 1 aromatic carbocycles. The van der Waals surface area contributed by atoms with Crippen molar-refractivity contribution in [3.8, 4) is 5.75 Å². The Hall–Kier alpha value is -2.75. The zero-order chi connectivity index (χ0) is 21.6. The Balaban J connectivity index is 1.43. The van der Waals surface area contributed by atoms with E-state index in [2.05, 4.69) is 25.3 Å². The molecule has 0 bridgehead atoms. The van der Waals surface area contributed by atoms with Crippen LogP contribution < -0.4 is 10.1 Å². The molecule has 1 aromatic heterocycles. The minimum absolute atomic E-state index is 0.0948. The number of alkyl halides is 3. The second-order valence-electron chi connectivity index (χ2n) is 7.01. The topological polar surface area (TPSA) is 66.1 Å². The fourth-order valence-corrected chi connectivity index (χ4v) is 3.32. The summed E-state index contributed by atoms with van der Waals surface area (Å²) in [6.07, 6.45) is -4.44. The van der Waals surface area contributed by atoms with Gasteiger partial charge in [0.15, 0.2) is 5.96 Å². The van der Waals surface area contributed by atoms with E-state index >= 15 is 0 Å². The van der Waals surface area contributed by atoms with Crippen molar-refractivity contribution in [2.75, 3.05) is 46.4 Å². The first-order valence-corrected chi connectivity index (χ1v) is 9.76. The van der Waals surface area contributed by atoms with E-state index in [1.54, 1.807) is 7.05 Å². The van der Waals surface area contributed by atoms with Gasteiger partial charge in [0, 0.05) is 45.8 Å². The van der Waals surface area contributed by atoms with Crippen molar-refractivity contribution in [2.45, 2.75) is 19.6 Å². The van der Waals surface area contributed by atoms with Crippen LogP contribution in [0.3, 0.4) is 0 Å². The van der Waals surface area contributed by atoms with Gasteiger partial charge in [-0.05, 0) is 19.1 Å². The largest absolute Gasteiger partial charge is 0.491 e. The molecule has 10 heteroatoms. The van der Waals surface area contributed by atoms with Gasteiger partial charge in [-0.3, -0.25) is 9.89 Å². The number of nitrogens with one attached hydrogen (secondary N) is 1. The standard InChI is InChI=1S/C20H26F3N5O2/c1-15-13-16(26-30-15)14-27-8-10-28(11-9-27)19(24-2)25-7-12-29-18-6-4-3-5-17(18)20(21,22)23/h3-6,13H,7-12,14H2,1-2H3,(H,24,25). The molecule has 2 heterocycles. The summed E-state index contributed by atoms with van der Waals surface area (Å²) in [5, 5.41) is 7.18. The minimum Gasteiger partial charge on any atom is -0.491 e. The first-order valence-electron chi connectivity index (χ1n) is 9.76. The number of hydrogen-bond acceptors (Lipinski definition) is 5. The van der Waals surface area contributed by atoms with E-state index in [1.165, 1.54) is 18.2 Å². The molecule has 1 N–H and O–H groups in total. The Bertz CT molecular complexity index is 845. The van der Waals surface area contributed by atoms with Crippen LogP contribution in [0.1, 0.15) is 17.0 Å². The highest BCUT2D eigenvalue weighted by molar-refractivity contribution is 5.80. The second kappa shape index (κ2) is 9.84. The van der Waals surface area contributed by atoms with E-state index in [0.717, 1.165) is 50.2 Å². The molecule has 1 aliphatic heterocycles. The van der Waals surface area contributed by atoms with Gasteiger partial charge < -0.3 is 19.5 Å². The predicted octanol–water partition coefficient (Wildman–Crippen LogP) is 2.77. The van der Waals surface area contributed by atoms with Crippen LogP contribution in [0, 0.1) is 6.92 Å². The smallest absolute Gasteiger partial charge is 0.419 e. The molecule has 0 saturated carbocycles. The fraction of sp³-hybridized carbons (Fsp3) is 0.500. The Kier molecular flexibility index (Phi) is 7.20. The summed E-state index contributed by atoms with van der Waals surface area (Å²) in [6.45, 7) is 6.32. The predicted molar refractivity (Wildman–Crippen MR) is 106 cm³/mol. The monoisotopic (exact) mass is 425 g/mol. The lowest BCUT2D eigenvalue weighted by atomic mass is 10.2. The lowest BCUT2D eigenvalue weighted by molar-refractivity contribution is -0.138. The number of aryl methyl sites for hydroxylation is 1. The third-order valence-corrected chi connectivity index (χ3v) is 4.78. The maximum Gasteiger partial charge on any atom is 0.419 e. The van der Waals surface area contributed by atoms with E-state index in [-0.39, 0.29) is 12.4 Å². The summed E-state index contributed by atoms with van der Waals surface area (Å²) in [5.74, 6) is 1.34. The number of hydrogen-bond donors (Lipinski definition) is 1. The number of guanidine groups is 1. The van der Waals surface area contributed by atoms with Crippen LogP contribution in [0.4, 0.5) is 13.2 Å². The van der Waals surface area contributed by atoms with E-state index in [4.69, 9.17) is 9.26 Å². The van der Waals surface area contributed by atoms with E-state index in [1.807, 2.05) is 13.0 Å². The van der Waals surface area contributed by atoms with Gasteiger partial charge in [-0.2, -0.15) is 13.2 Å². The Morgan fingerprint density at radius 1 is 1.23 bits per heavy atom. The van der Waals surface area contributed by atoms with Crippen LogP contribution in [-0.4, -0.2) is 67.3 Å². The third-order valence-electron chi connectivity index (χ3n) is 4.78. The highest BCUT2D eigenvalue weighted by Gasteiger charge is 2.34. The van der Waals surface area contributed by atoms with Crippen molar-refractivity contribution < 1.29 is 22.4 Å². The molecule has 0 radical (unpaired) electrons. The summed E-state index contributed by atoms with van der Waals surface area (Å²) in [6, 6.07) is 7.15. The van der Waals surface area contributed by atoms with Crippen LogP contribution >= 0.6 is 0 Å². The van der Waals surface area contributed by atoms with Crippen LogP contribution in [0.2, 0.25) is 0 Å². The van der Waals surface area contributed by atoms with E-state index in [0.29, 0.717) is 12.5 Å². The number of benzene rings is 1. The SMILES string of the molecule is CN=C(NCCOc1ccccc1C(F)(F)F)N1CCN(Cc2cc(C)on2)CC1. The molecule has 0 atom stereocenters. The van der Waals surface area contributed by atoms with Gasteiger partial charge >= 0.3 is 6.18 Å². The fourth-order valence-electron chi connectivity index (χ4n) is 3.32. The van der Waals surface area contributed by atoms with Crippen LogP contribution in [-0.2, 0) is 12.7 Å². The number of nitrogens with zero attached hydrogens (tertiary/aromatic N) is 4. The molecule has 30 heavy (non-hydrogen) atoms. The summed E-state index contributed by atoms with van der Waals surface area (Å²) in [4.78, 5) is 8.68. The van der Waals surface area contributed by atoms with Gasteiger partial charge in [0.2, 0.25) is 0 Å². The normalized spacial score (nSPS) is 16.0. The zero-order valence-electron chi connectivity index (χ0n) is 17.1. The molecule has 2 aromatic rings. The average Bonchev–Trinajstić information content (AvgIpc) is 3.13. The molecule has 0 unspecified atom stereocenters. The zero-order valence-corrected chi connectivity index (χ0v) is 17.1. The van der Waals surface area contributed by atoms with Crippen LogP contribution in [0.25, 0.3) is 0 Å². The van der Waals surface area contributed by atoms with Gasteiger partial charge in [-0.15, -0.1) is 0 Å². The molecule has 0 spiro atoms. The highest BCUT2D eigenvalue weighted by atomic mass is 19.4. The summed E-state index contributed by atoms with van der Waals surface area (Å²) in [5.41, 5.74) is 0.146.